The van der Waals surface area contributed by atoms with Gasteiger partial charge in [0.2, 0.25) is 0 Å². The van der Waals surface area contributed by atoms with Crippen molar-refractivity contribution >= 4 is 27.2 Å². The monoisotopic (exact) mass is 348 g/mol. The molecule has 0 amide bonds. The molecular weight excluding hydrogens is 336 g/mol. The second-order valence-electron chi connectivity index (χ2n) is 5.52. The van der Waals surface area contributed by atoms with Gasteiger partial charge in [-0.15, -0.1) is 11.3 Å². The molecule has 25 heavy (non-hydrogen) atoms. The first-order valence-corrected chi connectivity index (χ1v) is 8.37. The second-order valence-corrected chi connectivity index (χ2v) is 6.55. The molecule has 4 rings (SSSR count). The van der Waals surface area contributed by atoms with E-state index in [-0.39, 0.29) is 11.4 Å². The number of aromatic hydroxyl groups is 1. The van der Waals surface area contributed by atoms with E-state index in [1.54, 1.807) is 24.3 Å². The molecule has 0 saturated carbocycles. The van der Waals surface area contributed by atoms with E-state index in [2.05, 4.69) is 4.98 Å². The molecule has 5 nitrogen and oxygen atoms in total. The van der Waals surface area contributed by atoms with Crippen LogP contribution in [-0.4, -0.2) is 15.0 Å². The Morgan fingerprint density at radius 3 is 2.40 bits per heavy atom. The summed E-state index contributed by atoms with van der Waals surface area (Å²) in [5.74, 6) is 0.238. The van der Waals surface area contributed by atoms with Crippen molar-refractivity contribution in [3.63, 3.8) is 0 Å². The minimum Gasteiger partial charge on any atom is -0.507 e. The third-order valence-corrected chi connectivity index (χ3v) is 5.00. The summed E-state index contributed by atoms with van der Waals surface area (Å²) in [6.07, 6.45) is 0. The third-order valence-electron chi connectivity index (χ3n) is 3.93. The molecule has 0 aliphatic heterocycles. The van der Waals surface area contributed by atoms with Crippen molar-refractivity contribution in [1.82, 2.24) is 4.98 Å². The molecule has 1 aromatic heterocycles. The van der Waals surface area contributed by atoms with Crippen LogP contribution in [0.4, 0.5) is 5.69 Å². The van der Waals surface area contributed by atoms with Gasteiger partial charge in [0, 0.05) is 23.3 Å². The highest BCUT2D eigenvalue weighted by atomic mass is 32.1. The molecule has 6 heteroatoms. The maximum absolute atomic E-state index is 10.8. The van der Waals surface area contributed by atoms with E-state index in [4.69, 9.17) is 0 Å². The van der Waals surface area contributed by atoms with Gasteiger partial charge in [-0.1, -0.05) is 24.3 Å². The zero-order valence-electron chi connectivity index (χ0n) is 12.9. The molecule has 0 saturated heterocycles. The summed E-state index contributed by atoms with van der Waals surface area (Å²) in [4.78, 5) is 14.9. The molecule has 1 heterocycles. The molecule has 0 aliphatic carbocycles. The van der Waals surface area contributed by atoms with Crippen molar-refractivity contribution < 1.29 is 10.0 Å². The van der Waals surface area contributed by atoms with Gasteiger partial charge in [0.05, 0.1) is 15.1 Å². The molecule has 0 unspecified atom stereocenters. The lowest BCUT2D eigenvalue weighted by Crippen LogP contribution is -1.86. The fraction of sp³-hybridized carbons (Fsp3) is 0. The fourth-order valence-electron chi connectivity index (χ4n) is 2.66. The van der Waals surface area contributed by atoms with E-state index < -0.39 is 4.92 Å². The number of hydrogen-bond acceptors (Lipinski definition) is 5. The van der Waals surface area contributed by atoms with E-state index in [0.29, 0.717) is 0 Å². The highest BCUT2D eigenvalue weighted by Crippen LogP contribution is 2.35. The number of benzene rings is 3. The van der Waals surface area contributed by atoms with Gasteiger partial charge in [0.15, 0.2) is 0 Å². The van der Waals surface area contributed by atoms with Crippen LogP contribution in [0, 0.1) is 10.1 Å². The van der Waals surface area contributed by atoms with Gasteiger partial charge in [0.1, 0.15) is 10.8 Å². The lowest BCUT2D eigenvalue weighted by atomic mass is 10.0. The lowest BCUT2D eigenvalue weighted by molar-refractivity contribution is -0.384. The highest BCUT2D eigenvalue weighted by molar-refractivity contribution is 7.21. The SMILES string of the molecule is O=[N+]([O-])c1ccc(-c2nc3ccc(-c4ccccc4O)cc3s2)cc1. The average Bonchev–Trinajstić information content (AvgIpc) is 3.05. The van der Waals surface area contributed by atoms with Crippen molar-refractivity contribution in [3.05, 3.63) is 76.8 Å². The number of phenols is 1. The summed E-state index contributed by atoms with van der Waals surface area (Å²) in [7, 11) is 0. The Bertz CT molecular complexity index is 1090. The van der Waals surface area contributed by atoms with Crippen molar-refractivity contribution in [1.29, 1.82) is 0 Å². The Morgan fingerprint density at radius 1 is 0.960 bits per heavy atom. The average molecular weight is 348 g/mol. The van der Waals surface area contributed by atoms with Gasteiger partial charge >= 0.3 is 0 Å². The number of fused-ring (bicyclic) bond motifs is 1. The largest absolute Gasteiger partial charge is 0.507 e. The van der Waals surface area contributed by atoms with Gasteiger partial charge in [-0.05, 0) is 35.9 Å². The summed E-state index contributed by atoms with van der Waals surface area (Å²) in [5, 5.41) is 21.6. The number of nitro benzene ring substituents is 1. The number of phenolic OH excluding ortho intramolecular Hbond substituents is 1. The molecule has 1 N–H and O–H groups in total. The van der Waals surface area contributed by atoms with Gasteiger partial charge in [-0.3, -0.25) is 10.1 Å². The first-order valence-electron chi connectivity index (χ1n) is 7.55. The number of rotatable bonds is 3. The first kappa shape index (κ1) is 15.3. The smallest absolute Gasteiger partial charge is 0.269 e. The van der Waals surface area contributed by atoms with E-state index in [9.17, 15) is 15.2 Å². The van der Waals surface area contributed by atoms with Crippen LogP contribution >= 0.6 is 11.3 Å². The number of aromatic nitrogens is 1. The van der Waals surface area contributed by atoms with Crippen molar-refractivity contribution in [3.8, 4) is 27.4 Å². The maximum atomic E-state index is 10.8. The van der Waals surface area contributed by atoms with Gasteiger partial charge in [-0.2, -0.15) is 0 Å². The second kappa shape index (κ2) is 5.99. The molecule has 0 atom stereocenters. The van der Waals surface area contributed by atoms with Gasteiger partial charge in [0.25, 0.3) is 5.69 Å². The van der Waals surface area contributed by atoms with Crippen LogP contribution in [-0.2, 0) is 0 Å². The molecule has 122 valence electrons. The van der Waals surface area contributed by atoms with Crippen LogP contribution in [0.1, 0.15) is 0 Å². The molecular formula is C19H12N2O3S. The van der Waals surface area contributed by atoms with Crippen molar-refractivity contribution in [2.45, 2.75) is 0 Å². The van der Waals surface area contributed by atoms with Crippen LogP contribution < -0.4 is 0 Å². The van der Waals surface area contributed by atoms with Crippen LogP contribution in [0.5, 0.6) is 5.75 Å². The van der Waals surface area contributed by atoms with E-state index in [1.165, 1.54) is 23.5 Å². The standard InChI is InChI=1S/C19H12N2O3S/c22-17-4-2-1-3-15(17)13-7-10-16-18(11-13)25-19(20-16)12-5-8-14(9-6-12)21(23)24/h1-11,22H. The van der Waals surface area contributed by atoms with E-state index in [1.807, 2.05) is 30.3 Å². The van der Waals surface area contributed by atoms with Crippen LogP contribution in [0.15, 0.2) is 66.7 Å². The number of nitrogens with zero attached hydrogens (tertiary/aromatic N) is 2. The molecule has 0 fully saturated rings. The fourth-order valence-corrected chi connectivity index (χ4v) is 3.67. The van der Waals surface area contributed by atoms with Crippen LogP contribution in [0.3, 0.4) is 0 Å². The third kappa shape index (κ3) is 2.83. The van der Waals surface area contributed by atoms with Crippen LogP contribution in [0.25, 0.3) is 31.9 Å². The Hall–Kier alpha value is -3.25. The predicted molar refractivity (Wildman–Crippen MR) is 98.8 cm³/mol. The molecule has 4 aromatic rings. The van der Waals surface area contributed by atoms with E-state index in [0.717, 1.165) is 31.9 Å². The number of thiazole rings is 1. The molecule has 0 spiro atoms. The Morgan fingerprint density at radius 2 is 1.68 bits per heavy atom. The minimum absolute atomic E-state index is 0.0618. The summed E-state index contributed by atoms with van der Waals surface area (Å²) in [5.41, 5.74) is 3.46. The first-order chi connectivity index (χ1) is 12.1. The minimum atomic E-state index is -0.416. The van der Waals surface area contributed by atoms with Gasteiger partial charge < -0.3 is 5.11 Å². The number of nitro groups is 1. The molecule has 0 bridgehead atoms. The highest BCUT2D eigenvalue weighted by Gasteiger charge is 2.11. The zero-order valence-corrected chi connectivity index (χ0v) is 13.7. The number of hydrogen-bond donors (Lipinski definition) is 1. The number of non-ortho nitro benzene ring substituents is 1. The quantitative estimate of drug-likeness (QED) is 0.405. The Kier molecular flexibility index (Phi) is 3.66. The maximum Gasteiger partial charge on any atom is 0.269 e. The summed E-state index contributed by atoms with van der Waals surface area (Å²) >= 11 is 1.52. The normalized spacial score (nSPS) is 10.9. The molecule has 0 aliphatic rings. The van der Waals surface area contributed by atoms with Crippen LogP contribution in [0.2, 0.25) is 0 Å². The zero-order chi connectivity index (χ0) is 17.4. The van der Waals surface area contributed by atoms with Crippen molar-refractivity contribution in [2.24, 2.45) is 0 Å². The summed E-state index contributed by atoms with van der Waals surface area (Å²) in [6, 6.07) is 19.4. The lowest BCUT2D eigenvalue weighted by Gasteiger charge is -2.03. The molecule has 0 radical (unpaired) electrons. The summed E-state index contributed by atoms with van der Waals surface area (Å²) < 4.78 is 0.995. The Balaban J connectivity index is 1.76. The van der Waals surface area contributed by atoms with E-state index >= 15 is 0 Å². The summed E-state index contributed by atoms with van der Waals surface area (Å²) in [6.45, 7) is 0. The predicted octanol–water partition coefficient (Wildman–Crippen LogP) is 5.24. The number of para-hydroxylation sites is 1. The van der Waals surface area contributed by atoms with Crippen molar-refractivity contribution in [2.75, 3.05) is 0 Å². The Labute approximate surface area is 147 Å². The van der Waals surface area contributed by atoms with Gasteiger partial charge in [-0.25, -0.2) is 4.98 Å². The molecule has 3 aromatic carbocycles. The topological polar surface area (TPSA) is 76.3 Å².